The Kier molecular flexibility index (Phi) is 4.83. The van der Waals surface area contributed by atoms with E-state index in [4.69, 9.17) is 10.5 Å². The Morgan fingerprint density at radius 2 is 1.81 bits per heavy atom. The van der Waals surface area contributed by atoms with Gasteiger partial charge in [0.25, 0.3) is 0 Å². The van der Waals surface area contributed by atoms with Crippen LogP contribution in [0.4, 0.5) is 8.78 Å². The lowest BCUT2D eigenvalue weighted by Crippen LogP contribution is -2.17. The molecule has 1 aromatic rings. The first-order valence-corrected chi connectivity index (χ1v) is 5.23. The van der Waals surface area contributed by atoms with Crippen LogP contribution in [0.1, 0.15) is 24.9 Å². The van der Waals surface area contributed by atoms with E-state index in [1.54, 1.807) is 7.11 Å². The lowest BCUT2D eigenvalue weighted by atomic mass is 9.97. The highest BCUT2D eigenvalue weighted by molar-refractivity contribution is 5.21. The smallest absolute Gasteiger partial charge is 0.126 e. The summed E-state index contributed by atoms with van der Waals surface area (Å²) in [5, 5.41) is 0. The van der Waals surface area contributed by atoms with Crippen molar-refractivity contribution in [3.8, 4) is 0 Å². The molecule has 0 bridgehead atoms. The number of hydrogen-bond donors (Lipinski definition) is 1. The van der Waals surface area contributed by atoms with E-state index in [2.05, 4.69) is 0 Å². The molecule has 0 saturated carbocycles. The van der Waals surface area contributed by atoms with Gasteiger partial charge in [-0.15, -0.1) is 0 Å². The Balaban J connectivity index is 2.68. The molecular formula is C12H17F2NO. The van der Waals surface area contributed by atoms with Crippen LogP contribution in [0, 0.1) is 17.6 Å². The Morgan fingerprint density at radius 1 is 1.25 bits per heavy atom. The summed E-state index contributed by atoms with van der Waals surface area (Å²) in [5.41, 5.74) is 6.36. The largest absolute Gasteiger partial charge is 0.384 e. The van der Waals surface area contributed by atoms with E-state index in [-0.39, 0.29) is 12.0 Å². The molecule has 16 heavy (non-hydrogen) atoms. The molecule has 0 amide bonds. The highest BCUT2D eigenvalue weighted by atomic mass is 19.1. The molecule has 0 fully saturated rings. The van der Waals surface area contributed by atoms with Crippen molar-refractivity contribution >= 4 is 0 Å². The summed E-state index contributed by atoms with van der Waals surface area (Å²) in [6.45, 7) is 2.57. The number of benzene rings is 1. The van der Waals surface area contributed by atoms with Gasteiger partial charge in [0.05, 0.1) is 0 Å². The molecule has 0 aromatic heterocycles. The molecule has 0 saturated heterocycles. The fraction of sp³-hybridized carbons (Fsp3) is 0.500. The molecule has 2 nitrogen and oxygen atoms in total. The standard InChI is InChI=1S/C12H17F2NO/c1-8(7-16-2)3-12(15)9-4-10(13)6-11(14)5-9/h4-6,8,12H,3,7,15H2,1-2H3. The molecule has 1 rings (SSSR count). The van der Waals surface area contributed by atoms with Gasteiger partial charge in [0.1, 0.15) is 11.6 Å². The number of halogens is 2. The van der Waals surface area contributed by atoms with Gasteiger partial charge in [0.15, 0.2) is 0 Å². The molecule has 0 heterocycles. The second-order valence-electron chi connectivity index (χ2n) is 4.11. The summed E-state index contributed by atoms with van der Waals surface area (Å²) < 4.78 is 30.9. The van der Waals surface area contributed by atoms with E-state index in [0.717, 1.165) is 6.07 Å². The highest BCUT2D eigenvalue weighted by Crippen LogP contribution is 2.20. The van der Waals surface area contributed by atoms with E-state index >= 15 is 0 Å². The van der Waals surface area contributed by atoms with Crippen LogP contribution >= 0.6 is 0 Å². The van der Waals surface area contributed by atoms with Crippen LogP contribution < -0.4 is 5.73 Å². The van der Waals surface area contributed by atoms with Crippen molar-refractivity contribution in [3.63, 3.8) is 0 Å². The second-order valence-corrected chi connectivity index (χ2v) is 4.11. The molecule has 0 spiro atoms. The molecule has 1 aromatic carbocycles. The predicted molar refractivity (Wildman–Crippen MR) is 58.9 cm³/mol. The predicted octanol–water partition coefficient (Wildman–Crippen LogP) is 2.64. The van der Waals surface area contributed by atoms with Crippen LogP contribution in [0.3, 0.4) is 0 Å². The van der Waals surface area contributed by atoms with Gasteiger partial charge in [-0.2, -0.15) is 0 Å². The van der Waals surface area contributed by atoms with Crippen molar-refractivity contribution in [2.75, 3.05) is 13.7 Å². The van der Waals surface area contributed by atoms with Crippen LogP contribution in [0.2, 0.25) is 0 Å². The van der Waals surface area contributed by atoms with Crippen molar-refractivity contribution < 1.29 is 13.5 Å². The molecule has 0 radical (unpaired) electrons. The first-order chi connectivity index (χ1) is 7.52. The summed E-state index contributed by atoms with van der Waals surface area (Å²) in [7, 11) is 1.61. The minimum Gasteiger partial charge on any atom is -0.384 e. The van der Waals surface area contributed by atoms with Gasteiger partial charge in [0, 0.05) is 25.8 Å². The molecule has 0 aliphatic rings. The van der Waals surface area contributed by atoms with Gasteiger partial charge >= 0.3 is 0 Å². The lowest BCUT2D eigenvalue weighted by Gasteiger charge is -2.17. The van der Waals surface area contributed by atoms with Crippen molar-refractivity contribution in [1.82, 2.24) is 0 Å². The average Bonchev–Trinajstić information content (AvgIpc) is 2.16. The third-order valence-corrected chi connectivity index (χ3v) is 2.42. The molecule has 4 heteroatoms. The van der Waals surface area contributed by atoms with Crippen LogP contribution in [-0.4, -0.2) is 13.7 Å². The van der Waals surface area contributed by atoms with E-state index < -0.39 is 11.6 Å². The first kappa shape index (κ1) is 13.1. The minimum atomic E-state index is -0.593. The topological polar surface area (TPSA) is 35.2 Å². The summed E-state index contributed by atoms with van der Waals surface area (Å²) in [4.78, 5) is 0. The zero-order valence-corrected chi connectivity index (χ0v) is 9.54. The number of methoxy groups -OCH3 is 1. The van der Waals surface area contributed by atoms with Crippen LogP contribution in [0.15, 0.2) is 18.2 Å². The molecule has 0 aliphatic heterocycles. The van der Waals surface area contributed by atoms with Crippen molar-refractivity contribution in [2.24, 2.45) is 11.7 Å². The van der Waals surface area contributed by atoms with Crippen molar-refractivity contribution in [1.29, 1.82) is 0 Å². The van der Waals surface area contributed by atoms with E-state index in [9.17, 15) is 8.78 Å². The first-order valence-electron chi connectivity index (χ1n) is 5.23. The minimum absolute atomic E-state index is 0.256. The summed E-state index contributed by atoms with van der Waals surface area (Å²) in [6.07, 6.45) is 0.636. The summed E-state index contributed by atoms with van der Waals surface area (Å²) >= 11 is 0. The van der Waals surface area contributed by atoms with E-state index in [1.807, 2.05) is 6.92 Å². The van der Waals surface area contributed by atoms with Crippen LogP contribution in [-0.2, 0) is 4.74 Å². The third kappa shape index (κ3) is 3.87. The Hall–Kier alpha value is -1.00. The normalized spacial score (nSPS) is 14.8. The lowest BCUT2D eigenvalue weighted by molar-refractivity contribution is 0.152. The van der Waals surface area contributed by atoms with Gasteiger partial charge in [-0.3, -0.25) is 0 Å². The van der Waals surface area contributed by atoms with Crippen LogP contribution in [0.25, 0.3) is 0 Å². The van der Waals surface area contributed by atoms with Gasteiger partial charge in [-0.05, 0) is 30.0 Å². The quantitative estimate of drug-likeness (QED) is 0.842. The molecular weight excluding hydrogens is 212 g/mol. The Labute approximate surface area is 94.4 Å². The highest BCUT2D eigenvalue weighted by Gasteiger charge is 2.13. The van der Waals surface area contributed by atoms with E-state index in [1.165, 1.54) is 12.1 Å². The Bertz CT molecular complexity index is 324. The number of hydrogen-bond acceptors (Lipinski definition) is 2. The number of rotatable bonds is 5. The summed E-state index contributed by atoms with van der Waals surface area (Å²) in [6, 6.07) is 3.02. The maximum Gasteiger partial charge on any atom is 0.126 e. The van der Waals surface area contributed by atoms with Crippen LogP contribution in [0.5, 0.6) is 0 Å². The zero-order valence-electron chi connectivity index (χ0n) is 9.54. The van der Waals surface area contributed by atoms with Gasteiger partial charge < -0.3 is 10.5 Å². The molecule has 90 valence electrons. The Morgan fingerprint density at radius 3 is 2.31 bits per heavy atom. The fourth-order valence-corrected chi connectivity index (χ4v) is 1.71. The van der Waals surface area contributed by atoms with Gasteiger partial charge in [-0.25, -0.2) is 8.78 Å². The summed E-state index contributed by atoms with van der Waals surface area (Å²) in [5.74, 6) is -0.930. The molecule has 2 atom stereocenters. The number of ether oxygens (including phenoxy) is 1. The monoisotopic (exact) mass is 229 g/mol. The van der Waals surface area contributed by atoms with Gasteiger partial charge in [-0.1, -0.05) is 6.92 Å². The third-order valence-electron chi connectivity index (χ3n) is 2.42. The SMILES string of the molecule is COCC(C)CC(N)c1cc(F)cc(F)c1. The van der Waals surface area contributed by atoms with Gasteiger partial charge in [0.2, 0.25) is 0 Å². The van der Waals surface area contributed by atoms with Crippen molar-refractivity contribution in [3.05, 3.63) is 35.4 Å². The maximum atomic E-state index is 13.0. The molecule has 0 aliphatic carbocycles. The molecule has 2 N–H and O–H groups in total. The molecule has 2 unspecified atom stereocenters. The average molecular weight is 229 g/mol. The van der Waals surface area contributed by atoms with E-state index in [0.29, 0.717) is 18.6 Å². The fourth-order valence-electron chi connectivity index (χ4n) is 1.71. The number of nitrogens with two attached hydrogens (primary N) is 1. The second kappa shape index (κ2) is 5.92. The maximum absolute atomic E-state index is 13.0. The zero-order chi connectivity index (χ0) is 12.1. The van der Waals surface area contributed by atoms with Crippen molar-refractivity contribution in [2.45, 2.75) is 19.4 Å².